The molecule has 1 aliphatic rings. The minimum Gasteiger partial charge on any atom is -0.378 e. The van der Waals surface area contributed by atoms with E-state index in [2.05, 4.69) is 20.9 Å². The van der Waals surface area contributed by atoms with Gasteiger partial charge in [0.2, 0.25) is 0 Å². The summed E-state index contributed by atoms with van der Waals surface area (Å²) >= 11 is 6.07. The van der Waals surface area contributed by atoms with E-state index in [1.54, 1.807) is 0 Å². The molecular formula is C12H12ClN3O. The van der Waals surface area contributed by atoms with Crippen LogP contribution in [0.4, 0.5) is 5.69 Å². The van der Waals surface area contributed by atoms with Crippen molar-refractivity contribution in [1.29, 1.82) is 0 Å². The van der Waals surface area contributed by atoms with E-state index in [0.717, 1.165) is 42.9 Å². The fourth-order valence-corrected chi connectivity index (χ4v) is 2.23. The first-order valence-electron chi connectivity index (χ1n) is 5.57. The maximum atomic E-state index is 6.07. The molecular weight excluding hydrogens is 238 g/mol. The Morgan fingerprint density at radius 3 is 2.82 bits per heavy atom. The fraction of sp³-hybridized carbons (Fsp3) is 0.333. The van der Waals surface area contributed by atoms with Crippen molar-refractivity contribution in [2.24, 2.45) is 0 Å². The van der Waals surface area contributed by atoms with Crippen LogP contribution < -0.4 is 4.90 Å². The number of anilines is 1. The Hall–Kier alpha value is -1.39. The molecule has 88 valence electrons. The van der Waals surface area contributed by atoms with Gasteiger partial charge in [0.15, 0.2) is 0 Å². The number of morpholine rings is 1. The van der Waals surface area contributed by atoms with Crippen LogP contribution >= 0.6 is 11.6 Å². The summed E-state index contributed by atoms with van der Waals surface area (Å²) < 4.78 is 5.34. The largest absolute Gasteiger partial charge is 0.378 e. The Labute approximate surface area is 104 Å². The molecule has 5 heteroatoms. The zero-order valence-corrected chi connectivity index (χ0v) is 10.0. The summed E-state index contributed by atoms with van der Waals surface area (Å²) in [5.41, 5.74) is 2.03. The van der Waals surface area contributed by atoms with E-state index in [-0.39, 0.29) is 0 Å². The Morgan fingerprint density at radius 1 is 1.18 bits per heavy atom. The molecule has 1 aliphatic heterocycles. The van der Waals surface area contributed by atoms with E-state index >= 15 is 0 Å². The molecule has 0 saturated carbocycles. The van der Waals surface area contributed by atoms with Crippen LogP contribution in [0.2, 0.25) is 5.15 Å². The molecule has 0 bridgehead atoms. The molecule has 1 fully saturated rings. The van der Waals surface area contributed by atoms with Crippen LogP contribution in [-0.4, -0.2) is 36.3 Å². The van der Waals surface area contributed by atoms with Gasteiger partial charge in [-0.05, 0) is 18.2 Å². The molecule has 0 unspecified atom stereocenters. The minimum atomic E-state index is 0.505. The average Bonchev–Trinajstić information content (AvgIpc) is 2.40. The second-order valence-electron chi connectivity index (χ2n) is 3.97. The van der Waals surface area contributed by atoms with Crippen LogP contribution in [0.1, 0.15) is 0 Å². The van der Waals surface area contributed by atoms with Crippen molar-refractivity contribution in [1.82, 2.24) is 9.97 Å². The summed E-state index contributed by atoms with van der Waals surface area (Å²) in [7, 11) is 0. The van der Waals surface area contributed by atoms with E-state index in [0.29, 0.717) is 5.15 Å². The minimum absolute atomic E-state index is 0.505. The number of hydrogen-bond donors (Lipinski definition) is 0. The molecule has 17 heavy (non-hydrogen) atoms. The second-order valence-corrected chi connectivity index (χ2v) is 4.32. The van der Waals surface area contributed by atoms with Gasteiger partial charge in [-0.25, -0.2) is 9.97 Å². The second kappa shape index (κ2) is 4.47. The van der Waals surface area contributed by atoms with Gasteiger partial charge in [-0.3, -0.25) is 0 Å². The van der Waals surface area contributed by atoms with Crippen LogP contribution in [0, 0.1) is 0 Å². The van der Waals surface area contributed by atoms with Gasteiger partial charge in [-0.15, -0.1) is 0 Å². The van der Waals surface area contributed by atoms with Crippen molar-refractivity contribution in [3.63, 3.8) is 0 Å². The molecule has 2 aromatic rings. The Morgan fingerprint density at radius 2 is 2.00 bits per heavy atom. The van der Waals surface area contributed by atoms with Crippen molar-refractivity contribution in [2.75, 3.05) is 31.2 Å². The summed E-state index contributed by atoms with van der Waals surface area (Å²) in [6.45, 7) is 3.38. The number of benzene rings is 1. The summed E-state index contributed by atoms with van der Waals surface area (Å²) in [4.78, 5) is 10.5. The van der Waals surface area contributed by atoms with Crippen LogP contribution in [-0.2, 0) is 4.74 Å². The molecule has 2 heterocycles. The smallest absolute Gasteiger partial charge is 0.140 e. The van der Waals surface area contributed by atoms with Gasteiger partial charge in [0, 0.05) is 24.2 Å². The maximum Gasteiger partial charge on any atom is 0.140 e. The molecule has 1 aromatic carbocycles. The van der Waals surface area contributed by atoms with Gasteiger partial charge < -0.3 is 9.64 Å². The summed E-state index contributed by atoms with van der Waals surface area (Å²) in [6, 6.07) is 6.09. The lowest BCUT2D eigenvalue weighted by molar-refractivity contribution is 0.122. The molecule has 0 atom stereocenters. The molecule has 1 aromatic heterocycles. The molecule has 0 spiro atoms. The first-order chi connectivity index (χ1) is 8.34. The molecule has 0 N–H and O–H groups in total. The van der Waals surface area contributed by atoms with E-state index in [9.17, 15) is 0 Å². The Balaban J connectivity index is 2.03. The number of aromatic nitrogens is 2. The summed E-state index contributed by atoms with van der Waals surface area (Å²) in [6.07, 6.45) is 1.49. The first-order valence-corrected chi connectivity index (χ1v) is 5.95. The highest BCUT2D eigenvalue weighted by Gasteiger charge is 2.12. The highest BCUT2D eigenvalue weighted by Crippen LogP contribution is 2.25. The van der Waals surface area contributed by atoms with Crippen LogP contribution in [0.5, 0.6) is 0 Å². The quantitative estimate of drug-likeness (QED) is 0.726. The van der Waals surface area contributed by atoms with E-state index in [1.165, 1.54) is 6.33 Å². The van der Waals surface area contributed by atoms with E-state index in [4.69, 9.17) is 16.3 Å². The molecule has 3 rings (SSSR count). The predicted molar refractivity (Wildman–Crippen MR) is 67.6 cm³/mol. The average molecular weight is 250 g/mol. The number of ether oxygens (including phenoxy) is 1. The van der Waals surface area contributed by atoms with Crippen LogP contribution in [0.25, 0.3) is 10.9 Å². The van der Waals surface area contributed by atoms with Gasteiger partial charge in [0.05, 0.1) is 18.7 Å². The summed E-state index contributed by atoms with van der Waals surface area (Å²) in [5, 5.41) is 1.41. The maximum absolute atomic E-state index is 6.07. The molecule has 1 saturated heterocycles. The number of hydrogen-bond acceptors (Lipinski definition) is 4. The normalized spacial score (nSPS) is 16.4. The molecule has 0 aliphatic carbocycles. The molecule has 0 amide bonds. The van der Waals surface area contributed by atoms with Gasteiger partial charge in [-0.2, -0.15) is 0 Å². The fourth-order valence-electron chi connectivity index (χ4n) is 2.03. The molecule has 4 nitrogen and oxygen atoms in total. The third-order valence-electron chi connectivity index (χ3n) is 2.95. The van der Waals surface area contributed by atoms with Gasteiger partial charge in [-0.1, -0.05) is 11.6 Å². The van der Waals surface area contributed by atoms with Crippen LogP contribution in [0.3, 0.4) is 0 Å². The topological polar surface area (TPSA) is 38.2 Å². The first kappa shape index (κ1) is 10.7. The van der Waals surface area contributed by atoms with Gasteiger partial charge in [0.1, 0.15) is 11.5 Å². The zero-order valence-electron chi connectivity index (χ0n) is 9.27. The van der Waals surface area contributed by atoms with Crippen molar-refractivity contribution >= 4 is 28.2 Å². The monoisotopic (exact) mass is 249 g/mol. The molecule has 0 radical (unpaired) electrons. The highest BCUT2D eigenvalue weighted by atomic mass is 35.5. The number of nitrogens with zero attached hydrogens (tertiary/aromatic N) is 3. The SMILES string of the molecule is Clc1ncnc2ccc(N3CCOCC3)cc12. The Kier molecular flexibility index (Phi) is 2.82. The van der Waals surface area contributed by atoms with E-state index < -0.39 is 0 Å². The van der Waals surface area contributed by atoms with Crippen molar-refractivity contribution in [3.8, 4) is 0 Å². The summed E-state index contributed by atoms with van der Waals surface area (Å²) in [5.74, 6) is 0. The van der Waals surface area contributed by atoms with Crippen molar-refractivity contribution < 1.29 is 4.74 Å². The number of fused-ring (bicyclic) bond motifs is 1. The number of rotatable bonds is 1. The van der Waals surface area contributed by atoms with E-state index in [1.807, 2.05) is 12.1 Å². The third kappa shape index (κ3) is 2.06. The number of halogens is 1. The van der Waals surface area contributed by atoms with Gasteiger partial charge >= 0.3 is 0 Å². The highest BCUT2D eigenvalue weighted by molar-refractivity contribution is 6.34. The lowest BCUT2D eigenvalue weighted by atomic mass is 10.2. The lowest BCUT2D eigenvalue weighted by Gasteiger charge is -2.29. The Bertz CT molecular complexity index is 540. The zero-order chi connectivity index (χ0) is 11.7. The van der Waals surface area contributed by atoms with Crippen LogP contribution in [0.15, 0.2) is 24.5 Å². The predicted octanol–water partition coefficient (Wildman–Crippen LogP) is 2.12. The van der Waals surface area contributed by atoms with Crippen molar-refractivity contribution in [3.05, 3.63) is 29.7 Å². The van der Waals surface area contributed by atoms with Crippen molar-refractivity contribution in [2.45, 2.75) is 0 Å². The third-order valence-corrected chi connectivity index (χ3v) is 3.25. The standard InChI is InChI=1S/C12H12ClN3O/c13-12-10-7-9(16-3-5-17-6-4-16)1-2-11(10)14-8-15-12/h1-2,7-8H,3-6H2. The van der Waals surface area contributed by atoms with Gasteiger partial charge in [0.25, 0.3) is 0 Å². The lowest BCUT2D eigenvalue weighted by Crippen LogP contribution is -2.36.